The fraction of sp³-hybridized carbons (Fsp3) is 0.333. The third-order valence-corrected chi connectivity index (χ3v) is 2.77. The molecule has 18 heavy (non-hydrogen) atoms. The zero-order valence-corrected chi connectivity index (χ0v) is 11.3. The molecule has 1 aromatic rings. The Hall–Kier alpha value is -1.90. The summed E-state index contributed by atoms with van der Waals surface area (Å²) in [5.41, 5.74) is 2.79. The summed E-state index contributed by atoms with van der Waals surface area (Å²) in [6.07, 6.45) is 0. The number of carbonyl (C=O) groups is 2. The second-order valence-corrected chi connectivity index (χ2v) is 4.65. The predicted molar refractivity (Wildman–Crippen MR) is 74.6 cm³/mol. The maximum atomic E-state index is 11.8. The lowest BCUT2D eigenvalue weighted by Gasteiger charge is -2.16. The third-order valence-electron chi connectivity index (χ3n) is 2.77. The van der Waals surface area contributed by atoms with Crippen LogP contribution in [0.4, 0.5) is 5.69 Å². The molecule has 0 saturated heterocycles. The summed E-state index contributed by atoms with van der Waals surface area (Å²) in [4.78, 5) is 23.0. The lowest BCUT2D eigenvalue weighted by Crippen LogP contribution is -2.12. The molecule has 0 fully saturated rings. The van der Waals surface area contributed by atoms with Gasteiger partial charge in [0.25, 0.3) is 0 Å². The number of hydrogen-bond donors (Lipinski definition) is 1. The lowest BCUT2D eigenvalue weighted by molar-refractivity contribution is -0.114. The normalized spacial score (nSPS) is 10.3. The average Bonchev–Trinajstić information content (AvgIpc) is 2.26. The standard InChI is InChI=1S/C15H19NO2/c1-9(2)10(3)13-7-6-8-14(16-12(5)18)15(13)11(4)17/h6-9H,3H2,1-2,4-5H3,(H,16,18). The van der Waals surface area contributed by atoms with Crippen molar-refractivity contribution in [1.82, 2.24) is 0 Å². The Bertz CT molecular complexity index is 501. The largest absolute Gasteiger partial charge is 0.326 e. The van der Waals surface area contributed by atoms with Crippen LogP contribution in [0.2, 0.25) is 0 Å². The van der Waals surface area contributed by atoms with E-state index >= 15 is 0 Å². The van der Waals surface area contributed by atoms with Crippen LogP contribution >= 0.6 is 0 Å². The second-order valence-electron chi connectivity index (χ2n) is 4.65. The quantitative estimate of drug-likeness (QED) is 0.825. The molecule has 0 unspecified atom stereocenters. The number of carbonyl (C=O) groups excluding carboxylic acids is 2. The van der Waals surface area contributed by atoms with E-state index in [1.54, 1.807) is 6.07 Å². The van der Waals surface area contributed by atoms with Gasteiger partial charge in [-0.05, 0) is 30.0 Å². The number of Topliss-reactive ketones (excluding diaryl/α,β-unsaturated/α-hetero) is 1. The SMILES string of the molecule is C=C(c1cccc(NC(C)=O)c1C(C)=O)C(C)C. The Morgan fingerprint density at radius 1 is 1.22 bits per heavy atom. The molecule has 3 heteroatoms. The highest BCUT2D eigenvalue weighted by Gasteiger charge is 2.16. The molecule has 96 valence electrons. The fourth-order valence-corrected chi connectivity index (χ4v) is 1.80. The van der Waals surface area contributed by atoms with Gasteiger partial charge in [-0.15, -0.1) is 0 Å². The molecule has 0 saturated carbocycles. The van der Waals surface area contributed by atoms with Crippen LogP contribution in [-0.2, 0) is 4.79 Å². The fourth-order valence-electron chi connectivity index (χ4n) is 1.80. The molecule has 3 nitrogen and oxygen atoms in total. The van der Waals surface area contributed by atoms with Gasteiger partial charge in [0.1, 0.15) is 0 Å². The van der Waals surface area contributed by atoms with Crippen LogP contribution < -0.4 is 5.32 Å². The van der Waals surface area contributed by atoms with E-state index in [1.165, 1.54) is 13.8 Å². The van der Waals surface area contributed by atoms with Gasteiger partial charge in [0, 0.05) is 12.5 Å². The van der Waals surface area contributed by atoms with Crippen molar-refractivity contribution in [2.45, 2.75) is 27.7 Å². The van der Waals surface area contributed by atoms with E-state index in [1.807, 2.05) is 26.0 Å². The van der Waals surface area contributed by atoms with Crippen molar-refractivity contribution in [1.29, 1.82) is 0 Å². The van der Waals surface area contributed by atoms with Gasteiger partial charge in [-0.1, -0.05) is 32.6 Å². The summed E-state index contributed by atoms with van der Waals surface area (Å²) in [6.45, 7) is 11.0. The van der Waals surface area contributed by atoms with Crippen molar-refractivity contribution in [2.24, 2.45) is 5.92 Å². The van der Waals surface area contributed by atoms with Crippen molar-refractivity contribution < 1.29 is 9.59 Å². The van der Waals surface area contributed by atoms with Crippen LogP contribution in [0, 0.1) is 5.92 Å². The molecule has 0 aromatic heterocycles. The molecule has 1 amide bonds. The molecule has 1 N–H and O–H groups in total. The molecule has 0 aliphatic rings. The van der Waals surface area contributed by atoms with Gasteiger partial charge in [-0.25, -0.2) is 0 Å². The first-order valence-corrected chi connectivity index (χ1v) is 5.95. The first-order valence-electron chi connectivity index (χ1n) is 5.95. The van der Waals surface area contributed by atoms with Crippen molar-refractivity contribution in [3.63, 3.8) is 0 Å². The first kappa shape index (κ1) is 14.2. The second kappa shape index (κ2) is 5.63. The maximum absolute atomic E-state index is 11.8. The smallest absolute Gasteiger partial charge is 0.221 e. The van der Waals surface area contributed by atoms with Gasteiger partial charge < -0.3 is 5.32 Å². The molecule has 0 aliphatic heterocycles. The van der Waals surface area contributed by atoms with E-state index in [-0.39, 0.29) is 17.6 Å². The lowest BCUT2D eigenvalue weighted by atomic mass is 9.90. The van der Waals surface area contributed by atoms with Gasteiger partial charge in [0.05, 0.1) is 5.69 Å². The number of hydrogen-bond acceptors (Lipinski definition) is 2. The number of nitrogens with one attached hydrogen (secondary N) is 1. The van der Waals surface area contributed by atoms with Crippen LogP contribution in [0.25, 0.3) is 5.57 Å². The monoisotopic (exact) mass is 245 g/mol. The van der Waals surface area contributed by atoms with Crippen LogP contribution in [0.15, 0.2) is 24.8 Å². The average molecular weight is 245 g/mol. The number of allylic oxidation sites excluding steroid dienone is 1. The molecule has 0 aliphatic carbocycles. The first-order chi connectivity index (χ1) is 8.34. The molecule has 1 rings (SSSR count). The van der Waals surface area contributed by atoms with Gasteiger partial charge in [-0.2, -0.15) is 0 Å². The zero-order valence-electron chi connectivity index (χ0n) is 11.3. The highest BCUT2D eigenvalue weighted by molar-refractivity contribution is 6.07. The van der Waals surface area contributed by atoms with E-state index in [2.05, 4.69) is 11.9 Å². The third kappa shape index (κ3) is 3.06. The van der Waals surface area contributed by atoms with Crippen LogP contribution in [0.1, 0.15) is 43.6 Å². The Balaban J connectivity index is 3.39. The molecule has 0 radical (unpaired) electrons. The molecular weight excluding hydrogens is 226 g/mol. The molecule has 0 atom stereocenters. The number of amides is 1. The minimum Gasteiger partial charge on any atom is -0.326 e. The van der Waals surface area contributed by atoms with E-state index < -0.39 is 0 Å². The topological polar surface area (TPSA) is 46.2 Å². The molecule has 0 spiro atoms. The van der Waals surface area contributed by atoms with Crippen LogP contribution in [0.5, 0.6) is 0 Å². The Morgan fingerprint density at radius 2 is 1.83 bits per heavy atom. The molecule has 1 aromatic carbocycles. The summed E-state index contributed by atoms with van der Waals surface area (Å²) in [7, 11) is 0. The Kier molecular flexibility index (Phi) is 4.43. The minimum atomic E-state index is -0.190. The maximum Gasteiger partial charge on any atom is 0.221 e. The van der Waals surface area contributed by atoms with Gasteiger partial charge in [0.15, 0.2) is 5.78 Å². The van der Waals surface area contributed by atoms with E-state index in [4.69, 9.17) is 0 Å². The van der Waals surface area contributed by atoms with E-state index in [0.717, 1.165) is 11.1 Å². The number of anilines is 1. The van der Waals surface area contributed by atoms with Gasteiger partial charge >= 0.3 is 0 Å². The number of rotatable bonds is 4. The van der Waals surface area contributed by atoms with Crippen LogP contribution in [-0.4, -0.2) is 11.7 Å². The minimum absolute atomic E-state index is 0.0730. The zero-order chi connectivity index (χ0) is 13.9. The highest BCUT2D eigenvalue weighted by Crippen LogP contribution is 2.29. The van der Waals surface area contributed by atoms with Crippen molar-refractivity contribution >= 4 is 23.0 Å². The molecule has 0 heterocycles. The van der Waals surface area contributed by atoms with Crippen LogP contribution in [0.3, 0.4) is 0 Å². The van der Waals surface area contributed by atoms with E-state index in [9.17, 15) is 9.59 Å². The number of ketones is 1. The van der Waals surface area contributed by atoms with Gasteiger partial charge in [-0.3, -0.25) is 9.59 Å². The summed E-state index contributed by atoms with van der Waals surface area (Å²) in [5.74, 6) is -0.0170. The van der Waals surface area contributed by atoms with Gasteiger partial charge in [0.2, 0.25) is 5.91 Å². The summed E-state index contributed by atoms with van der Waals surface area (Å²) in [5, 5.41) is 2.69. The van der Waals surface area contributed by atoms with Crippen molar-refractivity contribution in [3.05, 3.63) is 35.9 Å². The summed E-state index contributed by atoms with van der Waals surface area (Å²) in [6, 6.07) is 5.42. The summed E-state index contributed by atoms with van der Waals surface area (Å²) >= 11 is 0. The Labute approximate surface area is 108 Å². The van der Waals surface area contributed by atoms with Crippen molar-refractivity contribution in [2.75, 3.05) is 5.32 Å². The highest BCUT2D eigenvalue weighted by atomic mass is 16.1. The molecular formula is C15H19NO2. The van der Waals surface area contributed by atoms with Crippen molar-refractivity contribution in [3.8, 4) is 0 Å². The Morgan fingerprint density at radius 3 is 2.28 bits per heavy atom. The molecule has 0 bridgehead atoms. The summed E-state index contributed by atoms with van der Waals surface area (Å²) < 4.78 is 0. The predicted octanol–water partition coefficient (Wildman–Crippen LogP) is 3.52. The number of benzene rings is 1. The van der Waals surface area contributed by atoms with E-state index in [0.29, 0.717) is 11.3 Å².